The van der Waals surface area contributed by atoms with E-state index in [-0.39, 0.29) is 11.8 Å². The second kappa shape index (κ2) is 5.88. The third kappa shape index (κ3) is 3.35. The molecule has 6 nitrogen and oxygen atoms in total. The number of aryl methyl sites for hydroxylation is 1. The summed E-state index contributed by atoms with van der Waals surface area (Å²) in [6.07, 6.45) is 6.36. The van der Waals surface area contributed by atoms with Gasteiger partial charge in [0.15, 0.2) is 0 Å². The van der Waals surface area contributed by atoms with Crippen molar-refractivity contribution in [3.8, 4) is 0 Å². The predicted molar refractivity (Wildman–Crippen MR) is 69.1 cm³/mol. The first-order chi connectivity index (χ1) is 9.12. The summed E-state index contributed by atoms with van der Waals surface area (Å²) in [5.74, 6) is -0.525. The van der Waals surface area contributed by atoms with Gasteiger partial charge in [-0.25, -0.2) is 9.97 Å². The van der Waals surface area contributed by atoms with Crippen LogP contribution in [-0.4, -0.2) is 33.9 Å². The molecular weight excluding hydrogens is 244 g/mol. The Labute approximate surface area is 112 Å². The summed E-state index contributed by atoms with van der Waals surface area (Å²) in [4.78, 5) is 31.0. The van der Waals surface area contributed by atoms with Crippen LogP contribution >= 0.6 is 0 Å². The van der Waals surface area contributed by atoms with Crippen LogP contribution in [-0.2, 0) is 16.0 Å². The zero-order valence-electron chi connectivity index (χ0n) is 11.0. The van der Waals surface area contributed by atoms with Crippen molar-refractivity contribution in [2.75, 3.05) is 6.54 Å². The monoisotopic (exact) mass is 262 g/mol. The highest BCUT2D eigenvalue weighted by molar-refractivity contribution is 5.99. The molecule has 6 heteroatoms. The Balaban J connectivity index is 1.85. The fraction of sp³-hybridized carbons (Fsp3) is 0.538. The van der Waals surface area contributed by atoms with Crippen LogP contribution in [0.25, 0.3) is 0 Å². The predicted octanol–water partition coefficient (Wildman–Crippen LogP) is 0.194. The SMILES string of the molecule is CC(=O)NC(=O)[C@@]1(CCCc2ccncn2)CCN1. The van der Waals surface area contributed by atoms with Gasteiger partial charge >= 0.3 is 0 Å². The van der Waals surface area contributed by atoms with E-state index in [1.807, 2.05) is 6.07 Å². The maximum Gasteiger partial charge on any atom is 0.246 e. The Morgan fingerprint density at radius 1 is 1.53 bits per heavy atom. The van der Waals surface area contributed by atoms with E-state index in [4.69, 9.17) is 0 Å². The summed E-state index contributed by atoms with van der Waals surface area (Å²) in [5, 5.41) is 5.52. The van der Waals surface area contributed by atoms with Gasteiger partial charge in [0.1, 0.15) is 6.33 Å². The summed E-state index contributed by atoms with van der Waals surface area (Å²) in [5.41, 5.74) is 0.398. The lowest BCUT2D eigenvalue weighted by Gasteiger charge is -2.41. The highest BCUT2D eigenvalue weighted by Gasteiger charge is 2.43. The van der Waals surface area contributed by atoms with Crippen molar-refractivity contribution in [3.05, 3.63) is 24.3 Å². The molecule has 102 valence electrons. The van der Waals surface area contributed by atoms with Crippen LogP contribution in [0, 0.1) is 0 Å². The normalized spacial score (nSPS) is 21.5. The lowest BCUT2D eigenvalue weighted by atomic mass is 9.81. The summed E-state index contributed by atoms with van der Waals surface area (Å²) in [6, 6.07) is 1.87. The minimum atomic E-state index is -0.571. The number of rotatable bonds is 5. The number of nitrogens with zero attached hydrogens (tertiary/aromatic N) is 2. The lowest BCUT2D eigenvalue weighted by molar-refractivity contribution is -0.136. The molecule has 0 unspecified atom stereocenters. The third-order valence-corrected chi connectivity index (χ3v) is 3.42. The molecule has 0 saturated carbocycles. The van der Waals surface area contributed by atoms with Crippen molar-refractivity contribution in [1.29, 1.82) is 0 Å². The number of imide groups is 1. The Hall–Kier alpha value is -1.82. The first kappa shape index (κ1) is 13.6. The Morgan fingerprint density at radius 2 is 2.32 bits per heavy atom. The van der Waals surface area contributed by atoms with Crippen molar-refractivity contribution in [3.63, 3.8) is 0 Å². The Kier molecular flexibility index (Phi) is 4.21. The van der Waals surface area contributed by atoms with Gasteiger partial charge in [-0.15, -0.1) is 0 Å². The van der Waals surface area contributed by atoms with Crippen molar-refractivity contribution in [2.45, 2.75) is 38.1 Å². The molecule has 1 aliphatic rings. The zero-order chi connectivity index (χ0) is 13.7. The number of aromatic nitrogens is 2. The van der Waals surface area contributed by atoms with Gasteiger partial charge in [0.2, 0.25) is 11.8 Å². The lowest BCUT2D eigenvalue weighted by Crippen LogP contribution is -2.66. The molecule has 1 aromatic heterocycles. The number of hydrogen-bond donors (Lipinski definition) is 2. The number of nitrogens with one attached hydrogen (secondary N) is 2. The van der Waals surface area contributed by atoms with E-state index in [0.717, 1.165) is 31.5 Å². The summed E-state index contributed by atoms with van der Waals surface area (Å²) in [6.45, 7) is 2.17. The molecule has 0 bridgehead atoms. The van der Waals surface area contributed by atoms with E-state index in [1.54, 1.807) is 6.20 Å². The van der Waals surface area contributed by atoms with E-state index in [2.05, 4.69) is 20.6 Å². The minimum Gasteiger partial charge on any atom is -0.303 e. The number of carbonyl (C=O) groups is 2. The summed E-state index contributed by atoms with van der Waals surface area (Å²) < 4.78 is 0. The van der Waals surface area contributed by atoms with E-state index in [0.29, 0.717) is 6.42 Å². The highest BCUT2D eigenvalue weighted by atomic mass is 16.2. The molecule has 2 rings (SSSR count). The maximum absolute atomic E-state index is 12.0. The second-order valence-corrected chi connectivity index (χ2v) is 4.82. The average Bonchev–Trinajstić information content (AvgIpc) is 2.32. The molecule has 0 aromatic carbocycles. The largest absolute Gasteiger partial charge is 0.303 e. The van der Waals surface area contributed by atoms with Gasteiger partial charge in [0.25, 0.3) is 0 Å². The molecule has 2 N–H and O–H groups in total. The number of amides is 2. The van der Waals surface area contributed by atoms with Gasteiger partial charge in [-0.05, 0) is 38.3 Å². The van der Waals surface area contributed by atoms with E-state index in [1.165, 1.54) is 13.3 Å². The van der Waals surface area contributed by atoms with Crippen LogP contribution in [0.1, 0.15) is 31.9 Å². The zero-order valence-corrected chi connectivity index (χ0v) is 11.0. The maximum atomic E-state index is 12.0. The first-order valence-corrected chi connectivity index (χ1v) is 6.44. The van der Waals surface area contributed by atoms with Crippen LogP contribution in [0.2, 0.25) is 0 Å². The van der Waals surface area contributed by atoms with Crippen molar-refractivity contribution in [2.24, 2.45) is 0 Å². The molecule has 2 amide bonds. The van der Waals surface area contributed by atoms with Crippen LogP contribution in [0.3, 0.4) is 0 Å². The quantitative estimate of drug-likeness (QED) is 0.791. The van der Waals surface area contributed by atoms with E-state index < -0.39 is 5.54 Å². The standard InChI is InChI=1S/C13H18N4O2/c1-10(18)17-12(19)13(6-8-16-13)5-2-3-11-4-7-14-9-15-11/h4,7,9,16H,2-3,5-6,8H2,1H3,(H,17,18,19)/t13-/m1/s1. The highest BCUT2D eigenvalue weighted by Crippen LogP contribution is 2.25. The van der Waals surface area contributed by atoms with Gasteiger partial charge in [0, 0.05) is 18.8 Å². The first-order valence-electron chi connectivity index (χ1n) is 6.44. The molecule has 2 heterocycles. The van der Waals surface area contributed by atoms with Gasteiger partial charge in [-0.1, -0.05) is 0 Å². The molecule has 1 aliphatic heterocycles. The summed E-state index contributed by atoms with van der Waals surface area (Å²) in [7, 11) is 0. The Bertz CT molecular complexity index is 457. The van der Waals surface area contributed by atoms with E-state index >= 15 is 0 Å². The van der Waals surface area contributed by atoms with E-state index in [9.17, 15) is 9.59 Å². The molecule has 0 aliphatic carbocycles. The van der Waals surface area contributed by atoms with Crippen LogP contribution in [0.4, 0.5) is 0 Å². The molecule has 0 radical (unpaired) electrons. The minimum absolute atomic E-state index is 0.214. The van der Waals surface area contributed by atoms with Crippen LogP contribution < -0.4 is 10.6 Å². The molecule has 19 heavy (non-hydrogen) atoms. The third-order valence-electron chi connectivity index (χ3n) is 3.42. The van der Waals surface area contributed by atoms with Crippen molar-refractivity contribution >= 4 is 11.8 Å². The average molecular weight is 262 g/mol. The fourth-order valence-electron chi connectivity index (χ4n) is 2.26. The molecule has 0 spiro atoms. The van der Waals surface area contributed by atoms with Gasteiger partial charge in [0.05, 0.1) is 5.54 Å². The number of hydrogen-bond acceptors (Lipinski definition) is 5. The Morgan fingerprint density at radius 3 is 2.84 bits per heavy atom. The number of carbonyl (C=O) groups excluding carboxylic acids is 2. The summed E-state index contributed by atoms with van der Waals surface area (Å²) >= 11 is 0. The van der Waals surface area contributed by atoms with Crippen LogP contribution in [0.5, 0.6) is 0 Å². The van der Waals surface area contributed by atoms with Gasteiger partial charge < -0.3 is 5.32 Å². The molecule has 1 fully saturated rings. The van der Waals surface area contributed by atoms with Gasteiger partial charge in [-0.3, -0.25) is 14.9 Å². The smallest absolute Gasteiger partial charge is 0.246 e. The second-order valence-electron chi connectivity index (χ2n) is 4.82. The topological polar surface area (TPSA) is 84.0 Å². The molecule has 1 saturated heterocycles. The van der Waals surface area contributed by atoms with Crippen molar-refractivity contribution in [1.82, 2.24) is 20.6 Å². The van der Waals surface area contributed by atoms with Crippen molar-refractivity contribution < 1.29 is 9.59 Å². The van der Waals surface area contributed by atoms with Crippen LogP contribution in [0.15, 0.2) is 18.6 Å². The molecule has 1 aromatic rings. The molecular formula is C13H18N4O2. The van der Waals surface area contributed by atoms with Gasteiger partial charge in [-0.2, -0.15) is 0 Å². The fourth-order valence-corrected chi connectivity index (χ4v) is 2.26. The molecule has 1 atom stereocenters.